The Morgan fingerprint density at radius 1 is 1.03 bits per heavy atom. The standard InChI is InChI=1S/C24H28N2O5S/c1-15(13-22(27)28)25-23(29)21(11-12-32-2)26-24(30)31-14-20-18-9-5-3-7-16(18)17-8-4-6-10-19(17)20/h3-10,15,20-21H,11-14H2,1-2H3,(H,25,29)(H,26,30)(H,27,28)/t15-,21+/m1/s1. The summed E-state index contributed by atoms with van der Waals surface area (Å²) in [6.07, 6.45) is 1.47. The Morgan fingerprint density at radius 3 is 2.19 bits per heavy atom. The fourth-order valence-corrected chi connectivity index (χ4v) is 4.41. The quantitative estimate of drug-likeness (QED) is 0.504. The minimum Gasteiger partial charge on any atom is -0.481 e. The zero-order valence-corrected chi connectivity index (χ0v) is 19.0. The van der Waals surface area contributed by atoms with Crippen LogP contribution in [0.25, 0.3) is 11.1 Å². The first-order valence-electron chi connectivity index (χ1n) is 10.5. The van der Waals surface area contributed by atoms with Gasteiger partial charge in [0.1, 0.15) is 12.6 Å². The number of rotatable bonds is 10. The molecule has 32 heavy (non-hydrogen) atoms. The van der Waals surface area contributed by atoms with E-state index in [1.807, 2.05) is 42.7 Å². The van der Waals surface area contributed by atoms with Crippen molar-refractivity contribution in [3.8, 4) is 11.1 Å². The average Bonchev–Trinajstić information content (AvgIpc) is 3.08. The van der Waals surface area contributed by atoms with Gasteiger partial charge in [0.25, 0.3) is 0 Å². The maximum atomic E-state index is 12.6. The fraction of sp³-hybridized carbons (Fsp3) is 0.375. The summed E-state index contributed by atoms with van der Waals surface area (Å²) in [4.78, 5) is 36.0. The molecule has 0 aromatic heterocycles. The van der Waals surface area contributed by atoms with Crippen LogP contribution in [0.4, 0.5) is 4.79 Å². The van der Waals surface area contributed by atoms with Gasteiger partial charge in [0.05, 0.1) is 6.42 Å². The van der Waals surface area contributed by atoms with E-state index in [2.05, 4.69) is 22.8 Å². The zero-order chi connectivity index (χ0) is 23.1. The molecule has 0 bridgehead atoms. The van der Waals surface area contributed by atoms with Gasteiger partial charge in [-0.2, -0.15) is 11.8 Å². The van der Waals surface area contributed by atoms with Crippen LogP contribution < -0.4 is 10.6 Å². The average molecular weight is 457 g/mol. The maximum Gasteiger partial charge on any atom is 0.407 e. The first-order valence-corrected chi connectivity index (χ1v) is 11.9. The Labute approximate surface area is 191 Å². The van der Waals surface area contributed by atoms with Crippen molar-refractivity contribution < 1.29 is 24.2 Å². The van der Waals surface area contributed by atoms with Crippen molar-refractivity contribution in [3.63, 3.8) is 0 Å². The van der Waals surface area contributed by atoms with E-state index >= 15 is 0 Å². The molecule has 7 nitrogen and oxygen atoms in total. The second-order valence-corrected chi connectivity index (χ2v) is 8.80. The summed E-state index contributed by atoms with van der Waals surface area (Å²) in [7, 11) is 0. The van der Waals surface area contributed by atoms with E-state index in [9.17, 15) is 14.4 Å². The van der Waals surface area contributed by atoms with Gasteiger partial charge in [-0.05, 0) is 47.6 Å². The first-order chi connectivity index (χ1) is 15.4. The van der Waals surface area contributed by atoms with Crippen LogP contribution in [-0.4, -0.2) is 53.8 Å². The van der Waals surface area contributed by atoms with Gasteiger partial charge in [0.2, 0.25) is 5.91 Å². The highest BCUT2D eigenvalue weighted by molar-refractivity contribution is 7.98. The number of carbonyl (C=O) groups is 3. The first kappa shape index (κ1) is 23.7. The number of alkyl carbamates (subject to hydrolysis) is 1. The SMILES string of the molecule is CSCC[C@H](NC(=O)OCC1c2ccccc2-c2ccccc21)C(=O)N[C@H](C)CC(=O)O. The van der Waals surface area contributed by atoms with E-state index in [1.54, 1.807) is 18.7 Å². The van der Waals surface area contributed by atoms with Gasteiger partial charge in [-0.1, -0.05) is 48.5 Å². The smallest absolute Gasteiger partial charge is 0.407 e. The van der Waals surface area contributed by atoms with Crippen molar-refractivity contribution in [2.45, 2.75) is 37.8 Å². The summed E-state index contributed by atoms with van der Waals surface area (Å²) in [6, 6.07) is 14.8. The number of benzene rings is 2. The van der Waals surface area contributed by atoms with Crippen LogP contribution in [-0.2, 0) is 14.3 Å². The number of carboxylic acids is 1. The molecule has 0 fully saturated rings. The number of ether oxygens (including phenoxy) is 1. The van der Waals surface area contributed by atoms with Crippen LogP contribution in [0.2, 0.25) is 0 Å². The van der Waals surface area contributed by atoms with E-state index < -0.39 is 30.1 Å². The molecule has 3 N–H and O–H groups in total. The number of thioether (sulfide) groups is 1. The van der Waals surface area contributed by atoms with Crippen LogP contribution in [0.1, 0.15) is 36.8 Å². The van der Waals surface area contributed by atoms with Crippen molar-refractivity contribution in [3.05, 3.63) is 59.7 Å². The van der Waals surface area contributed by atoms with Gasteiger partial charge in [-0.25, -0.2) is 4.79 Å². The predicted octanol–water partition coefficient (Wildman–Crippen LogP) is 3.63. The number of carboxylic acid groups (broad SMARTS) is 1. The van der Waals surface area contributed by atoms with Gasteiger partial charge in [-0.3, -0.25) is 9.59 Å². The Bertz CT molecular complexity index is 935. The van der Waals surface area contributed by atoms with Gasteiger partial charge >= 0.3 is 12.1 Å². The second kappa shape index (κ2) is 11.0. The molecule has 0 saturated carbocycles. The minimum absolute atomic E-state index is 0.0674. The summed E-state index contributed by atoms with van der Waals surface area (Å²) in [5.74, 6) is -0.818. The van der Waals surface area contributed by atoms with Crippen LogP contribution in [0.5, 0.6) is 0 Å². The van der Waals surface area contributed by atoms with E-state index in [0.29, 0.717) is 12.2 Å². The highest BCUT2D eigenvalue weighted by atomic mass is 32.2. The summed E-state index contributed by atoms with van der Waals surface area (Å²) >= 11 is 1.56. The lowest BCUT2D eigenvalue weighted by molar-refractivity contribution is -0.137. The third-order valence-corrected chi connectivity index (χ3v) is 6.08. The molecule has 0 unspecified atom stereocenters. The molecule has 2 aromatic carbocycles. The van der Waals surface area contributed by atoms with Crippen molar-refractivity contribution >= 4 is 29.7 Å². The van der Waals surface area contributed by atoms with Crippen LogP contribution >= 0.6 is 11.8 Å². The monoisotopic (exact) mass is 456 g/mol. The van der Waals surface area contributed by atoms with E-state index in [1.165, 1.54) is 0 Å². The molecule has 0 radical (unpaired) electrons. The molecule has 0 saturated heterocycles. The summed E-state index contributed by atoms with van der Waals surface area (Å²) in [5.41, 5.74) is 4.50. The Morgan fingerprint density at radius 2 is 1.62 bits per heavy atom. The topological polar surface area (TPSA) is 105 Å². The van der Waals surface area contributed by atoms with E-state index in [4.69, 9.17) is 9.84 Å². The summed E-state index contributed by atoms with van der Waals surface area (Å²) < 4.78 is 5.54. The van der Waals surface area contributed by atoms with E-state index in [0.717, 1.165) is 22.3 Å². The van der Waals surface area contributed by atoms with Gasteiger partial charge in [0, 0.05) is 12.0 Å². The lowest BCUT2D eigenvalue weighted by Crippen LogP contribution is -2.49. The number of hydrogen-bond acceptors (Lipinski definition) is 5. The number of carbonyl (C=O) groups excluding carboxylic acids is 2. The highest BCUT2D eigenvalue weighted by Crippen LogP contribution is 2.44. The molecule has 0 heterocycles. The fourth-order valence-electron chi connectivity index (χ4n) is 3.94. The minimum atomic E-state index is -0.997. The molecule has 3 rings (SSSR count). The molecule has 170 valence electrons. The molecular formula is C24H28N2O5S. The molecule has 0 spiro atoms. The zero-order valence-electron chi connectivity index (χ0n) is 18.2. The predicted molar refractivity (Wildman–Crippen MR) is 125 cm³/mol. The molecule has 1 aliphatic rings. The van der Waals surface area contributed by atoms with Gasteiger partial charge in [0.15, 0.2) is 0 Å². The highest BCUT2D eigenvalue weighted by Gasteiger charge is 2.30. The molecule has 2 aromatic rings. The van der Waals surface area contributed by atoms with Crippen molar-refractivity contribution in [2.75, 3.05) is 18.6 Å². The van der Waals surface area contributed by atoms with Crippen molar-refractivity contribution in [1.29, 1.82) is 0 Å². The van der Waals surface area contributed by atoms with Crippen LogP contribution in [0.3, 0.4) is 0 Å². The normalized spacial score (nSPS) is 14.1. The summed E-state index contributed by atoms with van der Waals surface area (Å²) in [5, 5.41) is 14.2. The molecule has 2 atom stereocenters. The third-order valence-electron chi connectivity index (χ3n) is 5.43. The Kier molecular flexibility index (Phi) is 8.16. The number of nitrogens with one attached hydrogen (secondary N) is 2. The number of aliphatic carboxylic acids is 1. The maximum absolute atomic E-state index is 12.6. The number of hydrogen-bond donors (Lipinski definition) is 3. The lowest BCUT2D eigenvalue weighted by Gasteiger charge is -2.21. The van der Waals surface area contributed by atoms with Crippen molar-refractivity contribution in [2.24, 2.45) is 0 Å². The van der Waals surface area contributed by atoms with Gasteiger partial charge < -0.3 is 20.5 Å². The Hall–Kier alpha value is -3.00. The number of amides is 2. The molecular weight excluding hydrogens is 428 g/mol. The van der Waals surface area contributed by atoms with Crippen molar-refractivity contribution in [1.82, 2.24) is 10.6 Å². The van der Waals surface area contributed by atoms with Crippen LogP contribution in [0, 0.1) is 0 Å². The third kappa shape index (κ3) is 5.82. The largest absolute Gasteiger partial charge is 0.481 e. The molecule has 0 aliphatic heterocycles. The molecule has 2 amide bonds. The second-order valence-electron chi connectivity index (χ2n) is 7.81. The summed E-state index contributed by atoms with van der Waals surface area (Å²) in [6.45, 7) is 1.77. The number of fused-ring (bicyclic) bond motifs is 3. The Balaban J connectivity index is 1.63. The lowest BCUT2D eigenvalue weighted by atomic mass is 9.98. The van der Waals surface area contributed by atoms with E-state index in [-0.39, 0.29) is 18.9 Å². The molecule has 8 heteroatoms. The van der Waals surface area contributed by atoms with Gasteiger partial charge in [-0.15, -0.1) is 0 Å². The van der Waals surface area contributed by atoms with Crippen LogP contribution in [0.15, 0.2) is 48.5 Å². The molecule has 1 aliphatic carbocycles.